The quantitative estimate of drug-likeness (QED) is 0.780. The molecule has 1 heterocycles. The highest BCUT2D eigenvalue weighted by atomic mass is 32.2. The molecule has 1 N–H and O–H groups in total. The lowest BCUT2D eigenvalue weighted by Crippen LogP contribution is -2.33. The summed E-state index contributed by atoms with van der Waals surface area (Å²) in [4.78, 5) is 15.4. The first-order valence-corrected chi connectivity index (χ1v) is 8.01. The number of thioether (sulfide) groups is 1. The number of carbonyl (C=O) groups is 1. The summed E-state index contributed by atoms with van der Waals surface area (Å²) in [5.74, 6) is -1.09. The Labute approximate surface area is 134 Å². The molecule has 0 bridgehead atoms. The van der Waals surface area contributed by atoms with Crippen LogP contribution in [0.25, 0.3) is 0 Å². The molecule has 0 saturated heterocycles. The first-order valence-electron chi connectivity index (χ1n) is 7.13. The molecule has 0 radical (unpaired) electrons. The second-order valence-electron chi connectivity index (χ2n) is 5.12. The fourth-order valence-electron chi connectivity index (χ4n) is 2.05. The SMILES string of the molecule is CC[C@@H](Sc1nc(CO)cn1Cc1ccc(C)cc1)C(=O)[O-]. The van der Waals surface area contributed by atoms with Crippen LogP contribution in [0, 0.1) is 6.92 Å². The van der Waals surface area contributed by atoms with Crippen molar-refractivity contribution in [3.05, 3.63) is 47.3 Å². The number of nitrogens with zero attached hydrogens (tertiary/aromatic N) is 2. The van der Waals surface area contributed by atoms with E-state index in [9.17, 15) is 15.0 Å². The zero-order valence-corrected chi connectivity index (χ0v) is 13.5. The predicted molar refractivity (Wildman–Crippen MR) is 83.4 cm³/mol. The maximum absolute atomic E-state index is 11.1. The van der Waals surface area contributed by atoms with E-state index in [0.29, 0.717) is 23.8 Å². The van der Waals surface area contributed by atoms with Gasteiger partial charge in [-0.15, -0.1) is 0 Å². The van der Waals surface area contributed by atoms with Crippen LogP contribution in [0.15, 0.2) is 35.6 Å². The van der Waals surface area contributed by atoms with Crippen molar-refractivity contribution in [2.45, 2.75) is 43.8 Å². The van der Waals surface area contributed by atoms with Crippen LogP contribution in [-0.4, -0.2) is 25.9 Å². The number of rotatable bonds is 7. The van der Waals surface area contributed by atoms with E-state index in [1.54, 1.807) is 13.1 Å². The number of aromatic nitrogens is 2. The molecule has 2 aromatic rings. The van der Waals surface area contributed by atoms with Crippen molar-refractivity contribution in [1.29, 1.82) is 0 Å². The number of imidazole rings is 1. The zero-order valence-electron chi connectivity index (χ0n) is 12.7. The molecule has 22 heavy (non-hydrogen) atoms. The van der Waals surface area contributed by atoms with Crippen LogP contribution in [0.5, 0.6) is 0 Å². The maximum atomic E-state index is 11.1. The van der Waals surface area contributed by atoms with E-state index >= 15 is 0 Å². The van der Waals surface area contributed by atoms with Gasteiger partial charge in [-0.1, -0.05) is 48.5 Å². The third kappa shape index (κ3) is 4.11. The van der Waals surface area contributed by atoms with Crippen molar-refractivity contribution in [2.24, 2.45) is 0 Å². The monoisotopic (exact) mass is 319 g/mol. The summed E-state index contributed by atoms with van der Waals surface area (Å²) in [5.41, 5.74) is 2.81. The van der Waals surface area contributed by atoms with Crippen LogP contribution in [0.2, 0.25) is 0 Å². The lowest BCUT2D eigenvalue weighted by molar-refractivity contribution is -0.304. The zero-order chi connectivity index (χ0) is 16.1. The van der Waals surface area contributed by atoms with E-state index in [2.05, 4.69) is 4.98 Å². The molecule has 0 fully saturated rings. The van der Waals surface area contributed by atoms with Crippen molar-refractivity contribution in [1.82, 2.24) is 9.55 Å². The number of aliphatic hydroxyl groups excluding tert-OH is 1. The fourth-order valence-corrected chi connectivity index (χ4v) is 2.99. The minimum Gasteiger partial charge on any atom is -0.549 e. The van der Waals surface area contributed by atoms with Crippen LogP contribution < -0.4 is 5.11 Å². The maximum Gasteiger partial charge on any atom is 0.169 e. The highest BCUT2D eigenvalue weighted by Gasteiger charge is 2.15. The topological polar surface area (TPSA) is 78.2 Å². The molecule has 0 aliphatic rings. The summed E-state index contributed by atoms with van der Waals surface area (Å²) in [5, 5.41) is 20.3. The van der Waals surface area contributed by atoms with Gasteiger partial charge in [0.25, 0.3) is 0 Å². The molecule has 0 amide bonds. The summed E-state index contributed by atoms with van der Waals surface area (Å²) in [6, 6.07) is 8.11. The van der Waals surface area contributed by atoms with Crippen molar-refractivity contribution in [3.63, 3.8) is 0 Å². The van der Waals surface area contributed by atoms with Gasteiger partial charge in [-0.25, -0.2) is 4.98 Å². The average Bonchev–Trinajstić information content (AvgIpc) is 2.88. The summed E-state index contributed by atoms with van der Waals surface area (Å²) in [7, 11) is 0. The van der Waals surface area contributed by atoms with Gasteiger partial charge >= 0.3 is 0 Å². The smallest absolute Gasteiger partial charge is 0.169 e. The molecule has 0 aliphatic heterocycles. The number of carboxylic acids is 1. The number of aliphatic hydroxyl groups is 1. The lowest BCUT2D eigenvalue weighted by atomic mass is 10.1. The Morgan fingerprint density at radius 3 is 2.64 bits per heavy atom. The molecule has 1 aromatic carbocycles. The van der Waals surface area contributed by atoms with Crippen LogP contribution in [0.4, 0.5) is 0 Å². The van der Waals surface area contributed by atoms with E-state index in [-0.39, 0.29) is 6.61 Å². The number of hydrogen-bond donors (Lipinski definition) is 1. The highest BCUT2D eigenvalue weighted by molar-refractivity contribution is 8.00. The largest absolute Gasteiger partial charge is 0.549 e. The first kappa shape index (κ1) is 16.6. The number of carbonyl (C=O) groups excluding carboxylic acids is 1. The summed E-state index contributed by atoms with van der Waals surface area (Å²) in [6.07, 6.45) is 2.21. The van der Waals surface area contributed by atoms with Gasteiger partial charge in [0.2, 0.25) is 0 Å². The third-order valence-electron chi connectivity index (χ3n) is 3.31. The van der Waals surface area contributed by atoms with Crippen LogP contribution >= 0.6 is 11.8 Å². The number of aryl methyl sites for hydroxylation is 1. The highest BCUT2D eigenvalue weighted by Crippen LogP contribution is 2.25. The molecule has 2 rings (SSSR count). The van der Waals surface area contributed by atoms with E-state index in [4.69, 9.17) is 0 Å². The van der Waals surface area contributed by atoms with Crippen LogP contribution in [-0.2, 0) is 17.9 Å². The van der Waals surface area contributed by atoms with Crippen molar-refractivity contribution in [3.8, 4) is 0 Å². The number of aliphatic carboxylic acids is 1. The first-order chi connectivity index (χ1) is 10.5. The summed E-state index contributed by atoms with van der Waals surface area (Å²) >= 11 is 1.16. The molecule has 0 aliphatic carbocycles. The van der Waals surface area contributed by atoms with Crippen LogP contribution in [0.3, 0.4) is 0 Å². The Morgan fingerprint density at radius 2 is 2.09 bits per heavy atom. The normalized spacial score (nSPS) is 12.3. The molecule has 0 spiro atoms. The van der Waals surface area contributed by atoms with E-state index < -0.39 is 11.2 Å². The molecule has 0 unspecified atom stereocenters. The molecule has 118 valence electrons. The lowest BCUT2D eigenvalue weighted by Gasteiger charge is -2.16. The average molecular weight is 319 g/mol. The van der Waals surface area contributed by atoms with Crippen molar-refractivity contribution >= 4 is 17.7 Å². The standard InChI is InChI=1S/C16H20N2O3S/c1-3-14(15(20)21)22-16-17-13(10-19)9-18(16)8-12-6-4-11(2)5-7-12/h4-7,9,14,19H,3,8,10H2,1-2H3,(H,20,21)/p-1/t14-/m1/s1. The van der Waals surface area contributed by atoms with E-state index in [1.165, 1.54) is 5.56 Å². The second-order valence-corrected chi connectivity index (χ2v) is 6.29. The Hall–Kier alpha value is -1.79. The predicted octanol–water partition coefficient (Wildman–Crippen LogP) is 1.35. The molecular weight excluding hydrogens is 300 g/mol. The van der Waals surface area contributed by atoms with Gasteiger partial charge in [-0.3, -0.25) is 0 Å². The Morgan fingerprint density at radius 1 is 1.41 bits per heavy atom. The van der Waals surface area contributed by atoms with E-state index in [1.807, 2.05) is 35.8 Å². The van der Waals surface area contributed by atoms with Gasteiger partial charge < -0.3 is 19.6 Å². The Balaban J connectivity index is 2.24. The summed E-state index contributed by atoms with van der Waals surface area (Å²) < 4.78 is 1.87. The van der Waals surface area contributed by atoms with Crippen molar-refractivity contribution < 1.29 is 15.0 Å². The summed E-state index contributed by atoms with van der Waals surface area (Å²) in [6.45, 7) is 4.24. The third-order valence-corrected chi connectivity index (χ3v) is 4.65. The van der Waals surface area contributed by atoms with Gasteiger partial charge in [-0.05, 0) is 18.9 Å². The minimum absolute atomic E-state index is 0.170. The number of benzene rings is 1. The van der Waals surface area contributed by atoms with Gasteiger partial charge in [0, 0.05) is 12.7 Å². The number of carboxylic acid groups (broad SMARTS) is 1. The molecule has 6 heteroatoms. The molecule has 0 saturated carbocycles. The minimum atomic E-state index is -1.09. The van der Waals surface area contributed by atoms with Gasteiger partial charge in [-0.2, -0.15) is 0 Å². The number of hydrogen-bond acceptors (Lipinski definition) is 5. The van der Waals surface area contributed by atoms with Crippen LogP contribution in [0.1, 0.15) is 30.2 Å². The van der Waals surface area contributed by atoms with Gasteiger partial charge in [0.05, 0.1) is 23.5 Å². The van der Waals surface area contributed by atoms with Gasteiger partial charge in [0.1, 0.15) is 0 Å². The van der Waals surface area contributed by atoms with Gasteiger partial charge in [0.15, 0.2) is 5.16 Å². The molecule has 5 nitrogen and oxygen atoms in total. The molecule has 1 atom stereocenters. The second kappa shape index (κ2) is 7.47. The Kier molecular flexibility index (Phi) is 5.63. The van der Waals surface area contributed by atoms with E-state index in [0.717, 1.165) is 17.3 Å². The fraction of sp³-hybridized carbons (Fsp3) is 0.375. The molecular formula is C16H19N2O3S-. The Bertz CT molecular complexity index is 637. The molecule has 1 aromatic heterocycles. The van der Waals surface area contributed by atoms with Crippen molar-refractivity contribution in [2.75, 3.05) is 0 Å².